The van der Waals surface area contributed by atoms with Crippen LogP contribution in [0.4, 0.5) is 0 Å². The van der Waals surface area contributed by atoms with Crippen LogP contribution in [0.25, 0.3) is 0 Å². The fraction of sp³-hybridized carbons (Fsp3) is 0.500. The molecule has 6 nitrogen and oxygen atoms in total. The standard InChI is InChI=1S/C6H9N3O3S/c7-13(10,11)6-3-5-4-12-2-1-9(5)8-6/h3H,1-2,4H2,(H2,7,10,11). The van der Waals surface area contributed by atoms with Gasteiger partial charge in [0.15, 0.2) is 5.03 Å². The molecule has 0 aliphatic carbocycles. The van der Waals surface area contributed by atoms with Crippen molar-refractivity contribution in [3.63, 3.8) is 0 Å². The molecule has 2 rings (SSSR count). The SMILES string of the molecule is NS(=O)(=O)c1cc2n(n1)CCOC2. The van der Waals surface area contributed by atoms with Gasteiger partial charge < -0.3 is 4.74 Å². The minimum absolute atomic E-state index is 0.0898. The summed E-state index contributed by atoms with van der Waals surface area (Å²) in [6.45, 7) is 1.52. The Morgan fingerprint density at radius 1 is 1.62 bits per heavy atom. The molecule has 2 N–H and O–H groups in total. The lowest BCUT2D eigenvalue weighted by Crippen LogP contribution is -2.17. The normalized spacial score (nSPS) is 17.0. The Labute approximate surface area is 75.3 Å². The van der Waals surface area contributed by atoms with Crippen molar-refractivity contribution in [3.05, 3.63) is 11.8 Å². The van der Waals surface area contributed by atoms with E-state index >= 15 is 0 Å². The summed E-state index contributed by atoms with van der Waals surface area (Å²) >= 11 is 0. The molecule has 0 spiro atoms. The summed E-state index contributed by atoms with van der Waals surface area (Å²) in [4.78, 5) is 0. The molecule has 0 saturated heterocycles. The van der Waals surface area contributed by atoms with Crippen LogP contribution in [0.5, 0.6) is 0 Å². The van der Waals surface area contributed by atoms with Gasteiger partial charge in [-0.25, -0.2) is 13.6 Å². The number of aromatic nitrogens is 2. The average Bonchev–Trinajstić information content (AvgIpc) is 2.45. The maximum atomic E-state index is 10.9. The maximum absolute atomic E-state index is 10.9. The second kappa shape index (κ2) is 2.79. The van der Waals surface area contributed by atoms with Crippen LogP contribution in [0.1, 0.15) is 5.69 Å². The molecule has 0 bridgehead atoms. The zero-order valence-corrected chi connectivity index (χ0v) is 7.62. The summed E-state index contributed by atoms with van der Waals surface area (Å²) in [7, 11) is -3.68. The molecule has 1 aliphatic rings. The van der Waals surface area contributed by atoms with Crippen molar-refractivity contribution in [2.24, 2.45) is 5.14 Å². The van der Waals surface area contributed by atoms with E-state index in [0.29, 0.717) is 19.8 Å². The highest BCUT2D eigenvalue weighted by molar-refractivity contribution is 7.89. The molecule has 0 radical (unpaired) electrons. The molecular weight excluding hydrogens is 194 g/mol. The van der Waals surface area contributed by atoms with E-state index in [0.717, 1.165) is 5.69 Å². The van der Waals surface area contributed by atoms with Crippen LogP contribution in [0.2, 0.25) is 0 Å². The molecule has 1 aromatic rings. The minimum atomic E-state index is -3.68. The minimum Gasteiger partial charge on any atom is -0.373 e. The van der Waals surface area contributed by atoms with Crippen LogP contribution in [0.15, 0.2) is 11.1 Å². The fourth-order valence-corrected chi connectivity index (χ4v) is 1.72. The first-order chi connectivity index (χ1) is 6.07. The first kappa shape index (κ1) is 8.67. The molecule has 0 amide bonds. The van der Waals surface area contributed by atoms with Crippen molar-refractivity contribution < 1.29 is 13.2 Å². The summed E-state index contributed by atoms with van der Waals surface area (Å²) in [5.74, 6) is 0. The van der Waals surface area contributed by atoms with Crippen molar-refractivity contribution in [1.82, 2.24) is 9.78 Å². The highest BCUT2D eigenvalue weighted by atomic mass is 32.2. The van der Waals surface area contributed by atoms with Gasteiger partial charge in [-0.3, -0.25) is 4.68 Å². The van der Waals surface area contributed by atoms with Crippen molar-refractivity contribution in [2.75, 3.05) is 6.61 Å². The van der Waals surface area contributed by atoms with Gasteiger partial charge >= 0.3 is 0 Å². The molecule has 1 aromatic heterocycles. The van der Waals surface area contributed by atoms with Gasteiger partial charge in [0.2, 0.25) is 0 Å². The van der Waals surface area contributed by atoms with Crippen LogP contribution < -0.4 is 5.14 Å². The molecule has 0 fully saturated rings. The zero-order chi connectivity index (χ0) is 9.47. The summed E-state index contributed by atoms with van der Waals surface area (Å²) in [5.41, 5.74) is 0.746. The van der Waals surface area contributed by atoms with E-state index < -0.39 is 10.0 Å². The lowest BCUT2D eigenvalue weighted by Gasteiger charge is -2.12. The molecule has 13 heavy (non-hydrogen) atoms. The number of rotatable bonds is 1. The Morgan fingerprint density at radius 2 is 2.38 bits per heavy atom. The molecule has 2 heterocycles. The van der Waals surface area contributed by atoms with Gasteiger partial charge in [-0.2, -0.15) is 5.10 Å². The molecule has 0 saturated carbocycles. The lowest BCUT2D eigenvalue weighted by molar-refractivity contribution is 0.0799. The second-order valence-electron chi connectivity index (χ2n) is 2.79. The van der Waals surface area contributed by atoms with E-state index in [1.165, 1.54) is 6.07 Å². The Kier molecular flexibility index (Phi) is 1.86. The number of primary sulfonamides is 1. The monoisotopic (exact) mass is 203 g/mol. The zero-order valence-electron chi connectivity index (χ0n) is 6.80. The summed E-state index contributed by atoms with van der Waals surface area (Å²) < 4.78 is 28.5. The Morgan fingerprint density at radius 3 is 3.00 bits per heavy atom. The van der Waals surface area contributed by atoms with Gasteiger partial charge in [-0.15, -0.1) is 0 Å². The number of hydrogen-bond donors (Lipinski definition) is 1. The van der Waals surface area contributed by atoms with Crippen LogP contribution >= 0.6 is 0 Å². The fourth-order valence-electron chi connectivity index (χ4n) is 1.21. The Bertz CT molecular complexity index is 399. The van der Waals surface area contributed by atoms with E-state index in [1.54, 1.807) is 4.68 Å². The van der Waals surface area contributed by atoms with Crippen molar-refractivity contribution in [3.8, 4) is 0 Å². The van der Waals surface area contributed by atoms with Crippen LogP contribution in [-0.4, -0.2) is 24.8 Å². The predicted octanol–water partition coefficient (Wildman–Crippen LogP) is -0.939. The number of nitrogens with zero attached hydrogens (tertiary/aromatic N) is 2. The first-order valence-electron chi connectivity index (χ1n) is 3.74. The first-order valence-corrected chi connectivity index (χ1v) is 5.29. The summed E-state index contributed by atoms with van der Waals surface area (Å²) in [6.07, 6.45) is 0. The predicted molar refractivity (Wildman–Crippen MR) is 43.3 cm³/mol. The molecule has 72 valence electrons. The van der Waals surface area contributed by atoms with E-state index in [-0.39, 0.29) is 5.03 Å². The number of fused-ring (bicyclic) bond motifs is 1. The van der Waals surface area contributed by atoms with Crippen molar-refractivity contribution in [2.45, 2.75) is 18.2 Å². The lowest BCUT2D eigenvalue weighted by atomic mass is 10.4. The maximum Gasteiger partial charge on any atom is 0.257 e. The van der Waals surface area contributed by atoms with E-state index in [1.807, 2.05) is 0 Å². The van der Waals surface area contributed by atoms with Gasteiger partial charge in [0.25, 0.3) is 10.0 Å². The van der Waals surface area contributed by atoms with Gasteiger partial charge in [-0.05, 0) is 0 Å². The molecule has 0 aromatic carbocycles. The number of nitrogens with two attached hydrogens (primary N) is 1. The molecular formula is C6H9N3O3S. The smallest absolute Gasteiger partial charge is 0.257 e. The summed E-state index contributed by atoms with van der Waals surface area (Å²) in [6, 6.07) is 1.44. The van der Waals surface area contributed by atoms with E-state index in [2.05, 4.69) is 5.10 Å². The number of ether oxygens (including phenoxy) is 1. The van der Waals surface area contributed by atoms with Gasteiger partial charge in [0.05, 0.1) is 25.5 Å². The molecule has 0 unspecified atom stereocenters. The van der Waals surface area contributed by atoms with Gasteiger partial charge in [-0.1, -0.05) is 0 Å². The average molecular weight is 203 g/mol. The summed E-state index contributed by atoms with van der Waals surface area (Å²) in [5, 5.41) is 8.68. The Balaban J connectivity index is 2.47. The van der Waals surface area contributed by atoms with Crippen LogP contribution in [-0.2, 0) is 27.9 Å². The molecule has 7 heteroatoms. The van der Waals surface area contributed by atoms with Gasteiger partial charge in [0.1, 0.15) is 0 Å². The van der Waals surface area contributed by atoms with Gasteiger partial charge in [0, 0.05) is 6.07 Å². The molecule has 0 atom stereocenters. The second-order valence-corrected chi connectivity index (χ2v) is 4.30. The van der Waals surface area contributed by atoms with Crippen molar-refractivity contribution >= 4 is 10.0 Å². The topological polar surface area (TPSA) is 87.2 Å². The largest absolute Gasteiger partial charge is 0.373 e. The van der Waals surface area contributed by atoms with Crippen LogP contribution in [0, 0.1) is 0 Å². The highest BCUT2D eigenvalue weighted by Crippen LogP contribution is 2.12. The quantitative estimate of drug-likeness (QED) is 0.638. The molecule has 1 aliphatic heterocycles. The Hall–Kier alpha value is -0.920. The third-order valence-electron chi connectivity index (χ3n) is 1.83. The highest BCUT2D eigenvalue weighted by Gasteiger charge is 2.18. The van der Waals surface area contributed by atoms with Crippen molar-refractivity contribution in [1.29, 1.82) is 0 Å². The number of sulfonamides is 1. The van der Waals surface area contributed by atoms with E-state index in [4.69, 9.17) is 9.88 Å². The van der Waals surface area contributed by atoms with Crippen LogP contribution in [0.3, 0.4) is 0 Å². The number of hydrogen-bond acceptors (Lipinski definition) is 4. The third kappa shape index (κ3) is 1.58. The van der Waals surface area contributed by atoms with E-state index in [9.17, 15) is 8.42 Å². The third-order valence-corrected chi connectivity index (χ3v) is 2.61.